The SMILES string of the molecule is CCc1cnc(N2CCC(n3ncc4cc(-c5ccc(C(=O)NCCO)cc5)ccc43)CC2)nc1. The third-order valence-corrected chi connectivity index (χ3v) is 6.67. The van der Waals surface area contributed by atoms with Gasteiger partial charge in [0.1, 0.15) is 0 Å². The van der Waals surface area contributed by atoms with Crippen molar-refractivity contribution in [2.24, 2.45) is 0 Å². The number of nitrogens with one attached hydrogen (secondary N) is 1. The number of hydrogen-bond donors (Lipinski definition) is 2. The van der Waals surface area contributed by atoms with E-state index in [2.05, 4.69) is 50.0 Å². The molecule has 3 heterocycles. The average Bonchev–Trinajstić information content (AvgIpc) is 3.35. The lowest BCUT2D eigenvalue weighted by Crippen LogP contribution is -2.36. The number of carbonyl (C=O) groups is 1. The number of nitrogens with zero attached hydrogens (tertiary/aromatic N) is 5. The van der Waals surface area contributed by atoms with Crippen LogP contribution in [-0.4, -0.2) is 57.0 Å². The van der Waals surface area contributed by atoms with Gasteiger partial charge in [-0.3, -0.25) is 9.48 Å². The second-order valence-electron chi connectivity index (χ2n) is 8.88. The number of carbonyl (C=O) groups excluding carboxylic acids is 1. The van der Waals surface area contributed by atoms with Crippen LogP contribution in [0.4, 0.5) is 5.95 Å². The largest absolute Gasteiger partial charge is 0.395 e. The van der Waals surface area contributed by atoms with Crippen LogP contribution in [0.3, 0.4) is 0 Å². The Morgan fingerprint density at radius 1 is 1.03 bits per heavy atom. The van der Waals surface area contributed by atoms with Gasteiger partial charge in [0.15, 0.2) is 0 Å². The van der Waals surface area contributed by atoms with Crippen LogP contribution in [0.1, 0.15) is 41.7 Å². The molecule has 1 aliphatic rings. The number of benzene rings is 2. The third-order valence-electron chi connectivity index (χ3n) is 6.67. The molecule has 35 heavy (non-hydrogen) atoms. The van der Waals surface area contributed by atoms with Gasteiger partial charge in [-0.05, 0) is 60.2 Å². The molecule has 1 saturated heterocycles. The summed E-state index contributed by atoms with van der Waals surface area (Å²) in [5.41, 5.74) is 5.00. The van der Waals surface area contributed by atoms with E-state index >= 15 is 0 Å². The number of aliphatic hydroxyl groups is 1. The number of aromatic nitrogens is 4. The molecule has 0 radical (unpaired) electrons. The van der Waals surface area contributed by atoms with Crippen molar-refractivity contribution >= 4 is 22.8 Å². The maximum atomic E-state index is 12.1. The number of aliphatic hydroxyl groups excluding tert-OH is 1. The van der Waals surface area contributed by atoms with Crippen LogP contribution in [0.25, 0.3) is 22.0 Å². The lowest BCUT2D eigenvalue weighted by atomic mass is 10.0. The highest BCUT2D eigenvalue weighted by molar-refractivity contribution is 5.95. The van der Waals surface area contributed by atoms with E-state index in [1.165, 1.54) is 0 Å². The van der Waals surface area contributed by atoms with E-state index in [0.29, 0.717) is 11.6 Å². The van der Waals surface area contributed by atoms with E-state index in [-0.39, 0.29) is 19.1 Å². The minimum absolute atomic E-state index is 0.0715. The Balaban J connectivity index is 1.27. The van der Waals surface area contributed by atoms with Gasteiger partial charge in [-0.15, -0.1) is 0 Å². The molecule has 1 fully saturated rings. The fourth-order valence-electron chi connectivity index (χ4n) is 4.61. The van der Waals surface area contributed by atoms with Crippen LogP contribution < -0.4 is 10.2 Å². The molecule has 1 aliphatic heterocycles. The summed E-state index contributed by atoms with van der Waals surface area (Å²) < 4.78 is 2.16. The minimum Gasteiger partial charge on any atom is -0.395 e. The molecule has 1 amide bonds. The van der Waals surface area contributed by atoms with Gasteiger partial charge in [0.25, 0.3) is 5.91 Å². The first-order valence-corrected chi connectivity index (χ1v) is 12.2. The maximum Gasteiger partial charge on any atom is 0.251 e. The highest BCUT2D eigenvalue weighted by Gasteiger charge is 2.24. The van der Waals surface area contributed by atoms with Gasteiger partial charge in [-0.1, -0.05) is 25.1 Å². The van der Waals surface area contributed by atoms with Gasteiger partial charge in [0, 0.05) is 43.0 Å². The first-order chi connectivity index (χ1) is 17.2. The van der Waals surface area contributed by atoms with Crippen LogP contribution in [0, 0.1) is 0 Å². The van der Waals surface area contributed by atoms with Crippen LogP contribution >= 0.6 is 0 Å². The Labute approximate surface area is 204 Å². The first kappa shape index (κ1) is 23.0. The molecule has 2 aromatic heterocycles. The normalized spacial score (nSPS) is 14.4. The second kappa shape index (κ2) is 10.2. The summed E-state index contributed by atoms with van der Waals surface area (Å²) in [7, 11) is 0. The lowest BCUT2D eigenvalue weighted by molar-refractivity contribution is 0.0945. The molecular formula is C27H30N6O2. The molecule has 4 aromatic rings. The van der Waals surface area contributed by atoms with Crippen molar-refractivity contribution in [2.75, 3.05) is 31.1 Å². The van der Waals surface area contributed by atoms with Gasteiger partial charge in [0.2, 0.25) is 5.95 Å². The Hall–Kier alpha value is -3.78. The molecule has 0 bridgehead atoms. The van der Waals surface area contributed by atoms with Crippen LogP contribution in [0.5, 0.6) is 0 Å². The number of hydrogen-bond acceptors (Lipinski definition) is 6. The van der Waals surface area contributed by atoms with Gasteiger partial charge in [-0.2, -0.15) is 5.10 Å². The molecule has 0 saturated carbocycles. The Kier molecular flexibility index (Phi) is 6.72. The van der Waals surface area contributed by atoms with Gasteiger partial charge >= 0.3 is 0 Å². The average molecular weight is 471 g/mol. The van der Waals surface area contributed by atoms with Gasteiger partial charge in [0.05, 0.1) is 24.4 Å². The van der Waals surface area contributed by atoms with Crippen molar-refractivity contribution in [3.05, 3.63) is 72.2 Å². The van der Waals surface area contributed by atoms with Crippen molar-refractivity contribution in [3.8, 4) is 11.1 Å². The summed E-state index contributed by atoms with van der Waals surface area (Å²) in [5, 5.41) is 17.4. The van der Waals surface area contributed by atoms with E-state index < -0.39 is 0 Å². The third kappa shape index (κ3) is 4.88. The van der Waals surface area contributed by atoms with Gasteiger partial charge < -0.3 is 15.3 Å². The summed E-state index contributed by atoms with van der Waals surface area (Å²) >= 11 is 0. The zero-order chi connectivity index (χ0) is 24.2. The smallest absolute Gasteiger partial charge is 0.251 e. The fourth-order valence-corrected chi connectivity index (χ4v) is 4.61. The van der Waals surface area contributed by atoms with Crippen molar-refractivity contribution in [1.82, 2.24) is 25.1 Å². The molecule has 0 atom stereocenters. The Bertz CT molecular complexity index is 1290. The Morgan fingerprint density at radius 3 is 2.43 bits per heavy atom. The molecule has 8 nitrogen and oxygen atoms in total. The topological polar surface area (TPSA) is 96.2 Å². The molecule has 0 spiro atoms. The molecule has 5 rings (SSSR count). The number of anilines is 1. The van der Waals surface area contributed by atoms with E-state index in [1.807, 2.05) is 42.9 Å². The predicted octanol–water partition coefficient (Wildman–Crippen LogP) is 3.62. The zero-order valence-electron chi connectivity index (χ0n) is 19.9. The molecule has 8 heteroatoms. The van der Waals surface area contributed by atoms with Crippen molar-refractivity contribution in [1.29, 1.82) is 0 Å². The number of rotatable bonds is 7. The van der Waals surface area contributed by atoms with Crippen LogP contribution in [0.2, 0.25) is 0 Å². The van der Waals surface area contributed by atoms with E-state index in [9.17, 15) is 4.79 Å². The number of aryl methyl sites for hydroxylation is 1. The quantitative estimate of drug-likeness (QED) is 0.428. The summed E-state index contributed by atoms with van der Waals surface area (Å²) in [6, 6.07) is 14.3. The standard InChI is InChI=1S/C27H30N6O2/c1-2-19-16-29-27(30-17-19)32-12-9-24(10-13-32)33-25-8-7-22(15-23(25)18-31-33)20-3-5-21(6-4-20)26(35)28-11-14-34/h3-8,15-18,24,34H,2,9-14H2,1H3,(H,28,35). The minimum atomic E-state index is -0.182. The molecule has 2 aromatic carbocycles. The Morgan fingerprint density at radius 2 is 1.74 bits per heavy atom. The molecule has 0 aliphatic carbocycles. The molecule has 0 unspecified atom stereocenters. The zero-order valence-corrected chi connectivity index (χ0v) is 19.9. The fraction of sp³-hybridized carbons (Fsp3) is 0.333. The highest BCUT2D eigenvalue weighted by atomic mass is 16.3. The number of piperidine rings is 1. The van der Waals surface area contributed by atoms with Gasteiger partial charge in [-0.25, -0.2) is 9.97 Å². The van der Waals surface area contributed by atoms with Crippen molar-refractivity contribution in [3.63, 3.8) is 0 Å². The summed E-state index contributed by atoms with van der Waals surface area (Å²) in [4.78, 5) is 23.4. The maximum absolute atomic E-state index is 12.1. The summed E-state index contributed by atoms with van der Waals surface area (Å²) in [6.07, 6.45) is 8.73. The number of amides is 1. The molecular weight excluding hydrogens is 440 g/mol. The second-order valence-corrected chi connectivity index (χ2v) is 8.88. The monoisotopic (exact) mass is 470 g/mol. The van der Waals surface area contributed by atoms with E-state index in [0.717, 1.165) is 65.9 Å². The first-order valence-electron chi connectivity index (χ1n) is 12.2. The summed E-state index contributed by atoms with van der Waals surface area (Å²) in [5.74, 6) is 0.630. The molecule has 2 N–H and O–H groups in total. The summed E-state index contributed by atoms with van der Waals surface area (Å²) in [6.45, 7) is 4.11. The predicted molar refractivity (Wildman–Crippen MR) is 136 cm³/mol. The highest BCUT2D eigenvalue weighted by Crippen LogP contribution is 2.30. The van der Waals surface area contributed by atoms with Crippen molar-refractivity contribution < 1.29 is 9.90 Å². The lowest BCUT2D eigenvalue weighted by Gasteiger charge is -2.32. The van der Waals surface area contributed by atoms with Crippen LogP contribution in [0.15, 0.2) is 61.1 Å². The van der Waals surface area contributed by atoms with E-state index in [4.69, 9.17) is 10.2 Å². The van der Waals surface area contributed by atoms with Crippen molar-refractivity contribution in [2.45, 2.75) is 32.2 Å². The van der Waals surface area contributed by atoms with E-state index in [1.54, 1.807) is 0 Å². The number of fused-ring (bicyclic) bond motifs is 1. The molecule has 180 valence electrons. The van der Waals surface area contributed by atoms with Crippen LogP contribution in [-0.2, 0) is 6.42 Å².